The van der Waals surface area contributed by atoms with Crippen LogP contribution in [-0.2, 0) is 16.1 Å². The molecule has 2 aromatic rings. The second kappa shape index (κ2) is 8.00. The van der Waals surface area contributed by atoms with Gasteiger partial charge < -0.3 is 4.74 Å². The number of thioether (sulfide) groups is 1. The highest BCUT2D eigenvalue weighted by molar-refractivity contribution is 7.99. The topological polar surface area (TPSA) is 57.0 Å². The monoisotopic (exact) mass is 337 g/mol. The highest BCUT2D eigenvalue weighted by Gasteiger charge is 2.15. The Morgan fingerprint density at radius 3 is 2.77 bits per heavy atom. The second-order valence-corrected chi connectivity index (χ2v) is 5.68. The normalized spacial score (nSPS) is 10.5. The molecule has 7 heteroatoms. The quantitative estimate of drug-likeness (QED) is 0.440. The molecule has 0 atom stereocenters. The summed E-state index contributed by atoms with van der Waals surface area (Å²) in [6, 6.07) is 7.36. The highest BCUT2D eigenvalue weighted by Crippen LogP contribution is 2.25. The molecule has 1 heterocycles. The van der Waals surface area contributed by atoms with Gasteiger partial charge in [-0.3, -0.25) is 9.36 Å². The molecular formula is C15H16ClN3O2S. The number of carbonyl (C=O) groups excluding carboxylic acids is 1. The fraction of sp³-hybridized carbons (Fsp3) is 0.267. The second-order valence-electron chi connectivity index (χ2n) is 4.31. The maximum absolute atomic E-state index is 11.5. The zero-order valence-corrected chi connectivity index (χ0v) is 13.7. The van der Waals surface area contributed by atoms with Crippen LogP contribution in [0.25, 0.3) is 11.4 Å². The highest BCUT2D eigenvalue weighted by atomic mass is 35.5. The van der Waals surface area contributed by atoms with Gasteiger partial charge in [-0.2, -0.15) is 0 Å². The number of carbonyl (C=O) groups is 1. The van der Waals surface area contributed by atoms with E-state index >= 15 is 0 Å². The third-order valence-corrected chi connectivity index (χ3v) is 3.95. The Bertz CT molecular complexity index is 655. The van der Waals surface area contributed by atoms with Crippen molar-refractivity contribution in [1.82, 2.24) is 14.8 Å². The number of allylic oxidation sites excluding steroid dienone is 1. The number of benzene rings is 1. The van der Waals surface area contributed by atoms with Gasteiger partial charge in [0.2, 0.25) is 0 Å². The summed E-state index contributed by atoms with van der Waals surface area (Å²) >= 11 is 7.20. The molecule has 22 heavy (non-hydrogen) atoms. The van der Waals surface area contributed by atoms with Crippen molar-refractivity contribution in [3.8, 4) is 11.4 Å². The Morgan fingerprint density at radius 2 is 2.14 bits per heavy atom. The van der Waals surface area contributed by atoms with Gasteiger partial charge in [-0.25, -0.2) is 0 Å². The molecule has 0 radical (unpaired) electrons. The van der Waals surface area contributed by atoms with Gasteiger partial charge in [0.05, 0.1) is 12.4 Å². The number of hydrogen-bond acceptors (Lipinski definition) is 5. The summed E-state index contributed by atoms with van der Waals surface area (Å²) in [4.78, 5) is 11.5. The number of halogens is 1. The van der Waals surface area contributed by atoms with E-state index in [-0.39, 0.29) is 11.7 Å². The Balaban J connectivity index is 2.23. The lowest BCUT2D eigenvalue weighted by atomic mass is 10.2. The predicted molar refractivity (Wildman–Crippen MR) is 88.0 cm³/mol. The Hall–Kier alpha value is -1.79. The van der Waals surface area contributed by atoms with E-state index in [1.807, 2.05) is 16.7 Å². The van der Waals surface area contributed by atoms with E-state index in [9.17, 15) is 4.79 Å². The largest absolute Gasteiger partial charge is 0.465 e. The lowest BCUT2D eigenvalue weighted by Crippen LogP contribution is -2.08. The number of ether oxygens (including phenoxy) is 1. The molecule has 5 nitrogen and oxygen atoms in total. The minimum absolute atomic E-state index is 0.198. The van der Waals surface area contributed by atoms with E-state index in [0.29, 0.717) is 29.2 Å². The summed E-state index contributed by atoms with van der Waals surface area (Å²) in [6.07, 6.45) is 1.76. The van der Waals surface area contributed by atoms with Crippen molar-refractivity contribution >= 4 is 29.3 Å². The molecule has 0 fully saturated rings. The zero-order valence-electron chi connectivity index (χ0n) is 12.2. The van der Waals surface area contributed by atoms with Gasteiger partial charge in [-0.15, -0.1) is 16.8 Å². The minimum atomic E-state index is -0.270. The van der Waals surface area contributed by atoms with Gasteiger partial charge >= 0.3 is 5.97 Å². The van der Waals surface area contributed by atoms with E-state index < -0.39 is 0 Å². The molecule has 2 rings (SSSR count). The smallest absolute Gasteiger partial charge is 0.316 e. The van der Waals surface area contributed by atoms with Crippen LogP contribution >= 0.6 is 23.4 Å². The molecule has 116 valence electrons. The van der Waals surface area contributed by atoms with Gasteiger partial charge in [0.15, 0.2) is 11.0 Å². The lowest BCUT2D eigenvalue weighted by molar-refractivity contribution is -0.139. The fourth-order valence-corrected chi connectivity index (χ4v) is 2.70. The molecule has 0 bridgehead atoms. The Kier molecular flexibility index (Phi) is 6.03. The van der Waals surface area contributed by atoms with Crippen molar-refractivity contribution in [2.45, 2.75) is 18.6 Å². The van der Waals surface area contributed by atoms with E-state index in [4.69, 9.17) is 16.3 Å². The molecule has 0 N–H and O–H groups in total. The summed E-state index contributed by atoms with van der Waals surface area (Å²) in [5, 5.41) is 9.67. The molecule has 1 aromatic carbocycles. The number of hydrogen-bond donors (Lipinski definition) is 0. The van der Waals surface area contributed by atoms with Crippen LogP contribution in [0, 0.1) is 0 Å². The van der Waals surface area contributed by atoms with Gasteiger partial charge in [0.1, 0.15) is 0 Å². The van der Waals surface area contributed by atoms with Crippen LogP contribution in [0.4, 0.5) is 0 Å². The summed E-state index contributed by atoms with van der Waals surface area (Å²) in [5.74, 6) is 0.639. The van der Waals surface area contributed by atoms with Crippen LogP contribution in [-0.4, -0.2) is 33.1 Å². The van der Waals surface area contributed by atoms with Gasteiger partial charge in [0.25, 0.3) is 0 Å². The van der Waals surface area contributed by atoms with Crippen molar-refractivity contribution < 1.29 is 9.53 Å². The number of nitrogens with zero attached hydrogens (tertiary/aromatic N) is 3. The molecule has 0 saturated carbocycles. The van der Waals surface area contributed by atoms with Crippen molar-refractivity contribution in [3.63, 3.8) is 0 Å². The van der Waals surface area contributed by atoms with Crippen molar-refractivity contribution in [1.29, 1.82) is 0 Å². The van der Waals surface area contributed by atoms with Crippen LogP contribution in [0.15, 0.2) is 42.1 Å². The van der Waals surface area contributed by atoms with Crippen LogP contribution in [0.5, 0.6) is 0 Å². The number of aromatic nitrogens is 3. The average Bonchev–Trinajstić information content (AvgIpc) is 2.90. The summed E-state index contributed by atoms with van der Waals surface area (Å²) in [6.45, 7) is 6.45. The number of rotatable bonds is 7. The molecule has 0 aliphatic rings. The first-order valence-corrected chi connectivity index (χ1v) is 8.10. The first kappa shape index (κ1) is 16.6. The Labute approximate surface area is 138 Å². The van der Waals surface area contributed by atoms with Crippen LogP contribution in [0.3, 0.4) is 0 Å². The van der Waals surface area contributed by atoms with Gasteiger partial charge in [0, 0.05) is 17.1 Å². The molecule has 0 amide bonds. The fourth-order valence-electron chi connectivity index (χ4n) is 1.83. The minimum Gasteiger partial charge on any atom is -0.465 e. The zero-order chi connectivity index (χ0) is 15.9. The first-order valence-electron chi connectivity index (χ1n) is 6.74. The third-order valence-electron chi connectivity index (χ3n) is 2.76. The molecule has 0 aliphatic heterocycles. The average molecular weight is 338 g/mol. The molecule has 1 aromatic heterocycles. The summed E-state index contributed by atoms with van der Waals surface area (Å²) in [7, 11) is 0. The standard InChI is InChI=1S/C15H16ClN3O2S/c1-3-9-19-14(11-5-7-12(16)8-6-11)17-18-15(19)22-10-13(20)21-4-2/h3,5-8H,1,4,9-10H2,2H3. The van der Waals surface area contributed by atoms with E-state index in [0.717, 1.165) is 5.56 Å². The SMILES string of the molecule is C=CCn1c(SCC(=O)OCC)nnc1-c1ccc(Cl)cc1. The van der Waals surface area contributed by atoms with Crippen LogP contribution in [0.2, 0.25) is 5.02 Å². The van der Waals surface area contributed by atoms with Crippen molar-refractivity contribution in [2.75, 3.05) is 12.4 Å². The van der Waals surface area contributed by atoms with Crippen molar-refractivity contribution in [3.05, 3.63) is 41.9 Å². The van der Waals surface area contributed by atoms with Crippen molar-refractivity contribution in [2.24, 2.45) is 0 Å². The molecular weight excluding hydrogens is 322 g/mol. The lowest BCUT2D eigenvalue weighted by Gasteiger charge is -2.07. The Morgan fingerprint density at radius 1 is 1.41 bits per heavy atom. The van der Waals surface area contributed by atoms with E-state index in [2.05, 4.69) is 16.8 Å². The maximum atomic E-state index is 11.5. The van der Waals surface area contributed by atoms with Gasteiger partial charge in [-0.05, 0) is 31.2 Å². The predicted octanol–water partition coefficient (Wildman–Crippen LogP) is 3.44. The molecule has 0 spiro atoms. The summed E-state index contributed by atoms with van der Waals surface area (Å²) < 4.78 is 6.82. The molecule has 0 unspecified atom stereocenters. The third kappa shape index (κ3) is 4.11. The molecule has 0 saturated heterocycles. The molecule has 0 aliphatic carbocycles. The number of esters is 1. The first-order chi connectivity index (χ1) is 10.7. The van der Waals surface area contributed by atoms with Gasteiger partial charge in [-0.1, -0.05) is 29.4 Å². The van der Waals surface area contributed by atoms with E-state index in [1.54, 1.807) is 25.1 Å². The summed E-state index contributed by atoms with van der Waals surface area (Å²) in [5.41, 5.74) is 0.904. The van der Waals surface area contributed by atoms with Crippen LogP contribution in [0.1, 0.15) is 6.92 Å². The van der Waals surface area contributed by atoms with E-state index in [1.165, 1.54) is 11.8 Å². The van der Waals surface area contributed by atoms with Crippen LogP contribution < -0.4 is 0 Å². The maximum Gasteiger partial charge on any atom is 0.316 e.